The van der Waals surface area contributed by atoms with Crippen molar-refractivity contribution in [1.82, 2.24) is 9.69 Å². The minimum absolute atomic E-state index is 0.0120. The number of anilines is 2. The number of aryl methyl sites for hydroxylation is 1. The minimum atomic E-state index is -1.08. The van der Waals surface area contributed by atoms with Gasteiger partial charge in [0.1, 0.15) is 16.7 Å². The van der Waals surface area contributed by atoms with E-state index < -0.39 is 23.8 Å². The van der Waals surface area contributed by atoms with Crippen LogP contribution in [0.15, 0.2) is 48.5 Å². The van der Waals surface area contributed by atoms with Gasteiger partial charge in [-0.2, -0.15) is 4.37 Å². The molecule has 3 amide bonds. The van der Waals surface area contributed by atoms with Crippen LogP contribution in [-0.4, -0.2) is 49.5 Å². The molecule has 11 heteroatoms. The molecule has 36 heavy (non-hydrogen) atoms. The van der Waals surface area contributed by atoms with E-state index in [1.165, 1.54) is 12.0 Å². The number of rotatable bonds is 11. The fraction of sp³-hybridized carbons (Fsp3) is 0.280. The number of ether oxygens (including phenoxy) is 2. The number of primary amides is 1. The van der Waals surface area contributed by atoms with Gasteiger partial charge in [0.05, 0.1) is 19.4 Å². The average molecular weight is 512 g/mol. The Labute approximate surface area is 213 Å². The molecule has 3 rings (SSSR count). The lowest BCUT2D eigenvalue weighted by Crippen LogP contribution is -2.45. The maximum Gasteiger partial charge on any atom is 0.273 e. The molecule has 10 nitrogen and oxygen atoms in total. The fourth-order valence-electron chi connectivity index (χ4n) is 3.73. The predicted octanol–water partition coefficient (Wildman–Crippen LogP) is 2.55. The van der Waals surface area contributed by atoms with Crippen LogP contribution in [-0.2, 0) is 16.0 Å². The van der Waals surface area contributed by atoms with Crippen LogP contribution < -0.4 is 26.4 Å². The second kappa shape index (κ2) is 12.1. The van der Waals surface area contributed by atoms with Crippen molar-refractivity contribution < 1.29 is 23.9 Å². The average Bonchev–Trinajstić information content (AvgIpc) is 3.28. The number of nitrogens with one attached hydrogen (secondary N) is 1. The summed E-state index contributed by atoms with van der Waals surface area (Å²) in [6, 6.07) is 13.1. The molecule has 5 N–H and O–H groups in total. The van der Waals surface area contributed by atoms with Gasteiger partial charge in [0.25, 0.3) is 11.8 Å². The topological polar surface area (TPSA) is 150 Å². The number of methoxy groups -OCH3 is 2. The van der Waals surface area contributed by atoms with Crippen LogP contribution in [0.25, 0.3) is 0 Å². The highest BCUT2D eigenvalue weighted by molar-refractivity contribution is 7.09. The molecule has 0 saturated carbocycles. The van der Waals surface area contributed by atoms with Crippen molar-refractivity contribution in [2.24, 2.45) is 5.73 Å². The third kappa shape index (κ3) is 5.64. The van der Waals surface area contributed by atoms with E-state index in [0.29, 0.717) is 30.0 Å². The lowest BCUT2D eigenvalue weighted by Gasteiger charge is -2.32. The molecule has 0 fully saturated rings. The first-order valence-corrected chi connectivity index (χ1v) is 12.0. The fourth-order valence-corrected chi connectivity index (χ4v) is 4.47. The lowest BCUT2D eigenvalue weighted by atomic mass is 10.00. The van der Waals surface area contributed by atoms with Gasteiger partial charge >= 0.3 is 0 Å². The van der Waals surface area contributed by atoms with Gasteiger partial charge in [0.15, 0.2) is 5.69 Å². The number of para-hydroxylation sites is 1. The van der Waals surface area contributed by atoms with Crippen LogP contribution in [0.2, 0.25) is 0 Å². The molecule has 1 atom stereocenters. The molecule has 0 aliphatic carbocycles. The Kier molecular flexibility index (Phi) is 8.98. The van der Waals surface area contributed by atoms with Gasteiger partial charge in [-0.25, -0.2) is 0 Å². The number of hydrogen-bond acceptors (Lipinski definition) is 8. The summed E-state index contributed by atoms with van der Waals surface area (Å²) in [6.07, 6.45) is 0.602. The van der Waals surface area contributed by atoms with E-state index in [-0.39, 0.29) is 22.8 Å². The number of aromatic nitrogens is 1. The van der Waals surface area contributed by atoms with E-state index in [9.17, 15) is 14.4 Å². The molecule has 3 aromatic rings. The standard InChI is InChI=1S/C25H29N5O5S/c1-4-15-7-5-6-8-18(15)30(25(33)22-19(26)20(23(27)31)29-36-22)21(24(32)28-13-14-34-2)16-9-11-17(35-3)12-10-16/h5-12,21H,4,13-14,26H2,1-3H3,(H2,27,31)(H,28,32)/t21-/m0/s1. The summed E-state index contributed by atoms with van der Waals surface area (Å²) in [5.74, 6) is -1.25. The van der Waals surface area contributed by atoms with Crippen LogP contribution in [0.4, 0.5) is 11.4 Å². The van der Waals surface area contributed by atoms with E-state index in [0.717, 1.165) is 17.1 Å². The Morgan fingerprint density at radius 2 is 1.81 bits per heavy atom. The van der Waals surface area contributed by atoms with E-state index in [1.807, 2.05) is 19.1 Å². The molecule has 0 saturated heterocycles. The number of benzene rings is 2. The zero-order valence-corrected chi connectivity index (χ0v) is 21.1. The number of nitrogens with two attached hydrogens (primary N) is 2. The highest BCUT2D eigenvalue weighted by Crippen LogP contribution is 2.35. The van der Waals surface area contributed by atoms with Crippen molar-refractivity contribution in [3.05, 3.63) is 70.2 Å². The Morgan fingerprint density at radius 3 is 2.39 bits per heavy atom. The monoisotopic (exact) mass is 511 g/mol. The Balaban J connectivity index is 2.22. The van der Waals surface area contributed by atoms with Gasteiger partial charge in [-0.15, -0.1) is 0 Å². The molecule has 2 aromatic carbocycles. The summed E-state index contributed by atoms with van der Waals surface area (Å²) < 4.78 is 14.3. The van der Waals surface area contributed by atoms with Crippen molar-refractivity contribution in [3.63, 3.8) is 0 Å². The van der Waals surface area contributed by atoms with Crippen molar-refractivity contribution in [2.45, 2.75) is 19.4 Å². The van der Waals surface area contributed by atoms with E-state index >= 15 is 0 Å². The summed E-state index contributed by atoms with van der Waals surface area (Å²) in [7, 11) is 3.07. The smallest absolute Gasteiger partial charge is 0.273 e. The van der Waals surface area contributed by atoms with Crippen LogP contribution in [0.5, 0.6) is 5.75 Å². The first kappa shape index (κ1) is 26.6. The maximum absolute atomic E-state index is 14.1. The number of nitrogen functional groups attached to an aromatic ring is 1. The van der Waals surface area contributed by atoms with Gasteiger partial charge in [-0.1, -0.05) is 37.3 Å². The first-order valence-electron chi connectivity index (χ1n) is 11.2. The summed E-state index contributed by atoms with van der Waals surface area (Å²) in [5.41, 5.74) is 13.1. The molecule has 190 valence electrons. The second-order valence-corrected chi connectivity index (χ2v) is 8.53. The second-order valence-electron chi connectivity index (χ2n) is 7.76. The maximum atomic E-state index is 14.1. The molecule has 0 spiro atoms. The number of amides is 3. The molecular weight excluding hydrogens is 482 g/mol. The molecule has 1 heterocycles. The van der Waals surface area contributed by atoms with Crippen LogP contribution in [0, 0.1) is 0 Å². The van der Waals surface area contributed by atoms with Gasteiger partial charge in [0, 0.05) is 19.3 Å². The lowest BCUT2D eigenvalue weighted by molar-refractivity contribution is -0.122. The van der Waals surface area contributed by atoms with Gasteiger partial charge in [0.2, 0.25) is 5.91 Å². The molecule has 0 bridgehead atoms. The third-order valence-electron chi connectivity index (χ3n) is 5.55. The Morgan fingerprint density at radius 1 is 1.11 bits per heavy atom. The minimum Gasteiger partial charge on any atom is -0.497 e. The van der Waals surface area contributed by atoms with Crippen molar-refractivity contribution in [3.8, 4) is 5.75 Å². The first-order chi connectivity index (χ1) is 17.3. The van der Waals surface area contributed by atoms with Crippen LogP contribution in [0.1, 0.15) is 44.3 Å². The van der Waals surface area contributed by atoms with Crippen molar-refractivity contribution in [2.75, 3.05) is 38.0 Å². The third-order valence-corrected chi connectivity index (χ3v) is 6.40. The molecule has 0 aliphatic rings. The van der Waals surface area contributed by atoms with E-state index in [4.69, 9.17) is 20.9 Å². The van der Waals surface area contributed by atoms with Gasteiger partial charge < -0.3 is 26.3 Å². The van der Waals surface area contributed by atoms with Gasteiger partial charge in [-0.05, 0) is 47.3 Å². The molecule has 0 unspecified atom stereocenters. The number of hydrogen-bond donors (Lipinski definition) is 3. The number of nitrogens with zero attached hydrogens (tertiary/aromatic N) is 2. The predicted molar refractivity (Wildman–Crippen MR) is 138 cm³/mol. The molecule has 1 aromatic heterocycles. The zero-order chi connectivity index (χ0) is 26.2. The summed E-state index contributed by atoms with van der Waals surface area (Å²) >= 11 is 0.762. The Bertz CT molecular complexity index is 1230. The van der Waals surface area contributed by atoms with Crippen molar-refractivity contribution in [1.29, 1.82) is 0 Å². The molecule has 0 radical (unpaired) electrons. The highest BCUT2D eigenvalue weighted by Gasteiger charge is 2.36. The highest BCUT2D eigenvalue weighted by atomic mass is 32.1. The van der Waals surface area contributed by atoms with Gasteiger partial charge in [-0.3, -0.25) is 19.3 Å². The molecular formula is C25H29N5O5S. The largest absolute Gasteiger partial charge is 0.497 e. The zero-order valence-electron chi connectivity index (χ0n) is 20.3. The van der Waals surface area contributed by atoms with Crippen molar-refractivity contribution >= 4 is 40.6 Å². The number of carbonyl (C=O) groups excluding carboxylic acids is 3. The van der Waals surface area contributed by atoms with E-state index in [1.54, 1.807) is 43.5 Å². The quantitative estimate of drug-likeness (QED) is 0.335. The summed E-state index contributed by atoms with van der Waals surface area (Å²) in [4.78, 5) is 40.8. The summed E-state index contributed by atoms with van der Waals surface area (Å²) in [6.45, 7) is 2.49. The van der Waals surface area contributed by atoms with E-state index in [2.05, 4.69) is 9.69 Å². The SMILES string of the molecule is CCc1ccccc1N(C(=O)c1snc(C(N)=O)c1N)[C@H](C(=O)NCCOC)c1ccc(OC)cc1. The summed E-state index contributed by atoms with van der Waals surface area (Å²) in [5, 5.41) is 2.84. The van der Waals surface area contributed by atoms with Crippen LogP contribution >= 0.6 is 11.5 Å². The molecule has 0 aliphatic heterocycles. The normalized spacial score (nSPS) is 11.5. The van der Waals surface area contributed by atoms with Crippen LogP contribution in [0.3, 0.4) is 0 Å². The number of carbonyl (C=O) groups is 3. The Hall–Kier alpha value is -3.96.